The third-order valence-electron chi connectivity index (χ3n) is 1.66. The molecule has 0 spiro atoms. The predicted molar refractivity (Wildman–Crippen MR) is 68.6 cm³/mol. The molecule has 0 atom stereocenters. The number of aromatic hydroxyl groups is 3. The fourth-order valence-corrected chi connectivity index (χ4v) is 1.54. The van der Waals surface area contributed by atoms with Crippen LogP contribution in [0.1, 0.15) is 13.8 Å². The van der Waals surface area contributed by atoms with Gasteiger partial charge in [0.15, 0.2) is 17.2 Å². The van der Waals surface area contributed by atoms with Crippen LogP contribution < -0.4 is 0 Å². The summed E-state index contributed by atoms with van der Waals surface area (Å²) in [6.45, 7) is 5.67. The van der Waals surface area contributed by atoms with E-state index in [0.29, 0.717) is 0 Å². The maximum Gasteiger partial charge on any atom is 0.160 e. The van der Waals surface area contributed by atoms with E-state index >= 15 is 0 Å². The summed E-state index contributed by atoms with van der Waals surface area (Å²) in [6, 6.07) is 0. The molecule has 7 heteroatoms. The zero-order valence-electron chi connectivity index (χ0n) is 9.30. The van der Waals surface area contributed by atoms with Crippen LogP contribution in [0.3, 0.4) is 0 Å². The molecule has 0 aromatic heterocycles. The molecule has 0 unspecified atom stereocenters. The summed E-state index contributed by atoms with van der Waals surface area (Å²) >= 11 is 16.1. The standard InChI is InChI=1S/C6H3Cl3O3.C4H10O/c7-1-4(10)2(8)6(12)3(9)5(1)11;1-3-5-4-2/h10-12H;3-4H2,1-2H3. The first-order valence-electron chi connectivity index (χ1n) is 4.73. The topological polar surface area (TPSA) is 69.9 Å². The number of phenolic OH excluding ortho intramolecular Hbond substituents is 3. The Morgan fingerprint density at radius 3 is 1.12 bits per heavy atom. The van der Waals surface area contributed by atoms with E-state index in [9.17, 15) is 0 Å². The van der Waals surface area contributed by atoms with Crippen LogP contribution >= 0.6 is 34.8 Å². The molecule has 98 valence electrons. The van der Waals surface area contributed by atoms with Gasteiger partial charge in [0.1, 0.15) is 15.1 Å². The highest BCUT2D eigenvalue weighted by Crippen LogP contribution is 2.49. The van der Waals surface area contributed by atoms with E-state index in [-0.39, 0.29) is 15.1 Å². The molecule has 17 heavy (non-hydrogen) atoms. The van der Waals surface area contributed by atoms with Crippen molar-refractivity contribution < 1.29 is 20.1 Å². The van der Waals surface area contributed by atoms with Crippen molar-refractivity contribution in [3.05, 3.63) is 15.1 Å². The van der Waals surface area contributed by atoms with Crippen molar-refractivity contribution in [1.29, 1.82) is 0 Å². The molecule has 4 nitrogen and oxygen atoms in total. The molecular formula is C10H13Cl3O4. The average Bonchev–Trinajstić information content (AvgIpc) is 2.33. The molecule has 0 aliphatic rings. The first-order valence-corrected chi connectivity index (χ1v) is 5.86. The van der Waals surface area contributed by atoms with Crippen LogP contribution in [0.2, 0.25) is 15.1 Å². The number of phenols is 3. The molecule has 0 bridgehead atoms. The summed E-state index contributed by atoms with van der Waals surface area (Å²) in [7, 11) is 0. The van der Waals surface area contributed by atoms with Gasteiger partial charge in [-0.1, -0.05) is 34.8 Å². The fourth-order valence-electron chi connectivity index (χ4n) is 0.830. The van der Waals surface area contributed by atoms with Crippen LogP contribution in [0.25, 0.3) is 0 Å². The van der Waals surface area contributed by atoms with Crippen molar-refractivity contribution >= 4 is 34.8 Å². The van der Waals surface area contributed by atoms with Crippen molar-refractivity contribution in [3.63, 3.8) is 0 Å². The SMILES string of the molecule is CCOCC.Oc1c(Cl)c(O)c(Cl)c(O)c1Cl. The number of rotatable bonds is 2. The second-order valence-corrected chi connectivity index (χ2v) is 3.90. The van der Waals surface area contributed by atoms with Gasteiger partial charge in [-0.3, -0.25) is 0 Å². The summed E-state index contributed by atoms with van der Waals surface area (Å²) in [5.74, 6) is -1.80. The van der Waals surface area contributed by atoms with E-state index in [0.717, 1.165) is 13.2 Å². The van der Waals surface area contributed by atoms with Gasteiger partial charge in [-0.2, -0.15) is 0 Å². The van der Waals surface area contributed by atoms with Gasteiger partial charge in [-0.15, -0.1) is 0 Å². The number of hydrogen-bond donors (Lipinski definition) is 3. The lowest BCUT2D eigenvalue weighted by Crippen LogP contribution is -1.84. The van der Waals surface area contributed by atoms with Crippen LogP contribution in [0.4, 0.5) is 0 Å². The van der Waals surface area contributed by atoms with Gasteiger partial charge in [-0.05, 0) is 13.8 Å². The van der Waals surface area contributed by atoms with E-state index in [4.69, 9.17) is 54.9 Å². The largest absolute Gasteiger partial charge is 0.505 e. The number of ether oxygens (including phenoxy) is 1. The second-order valence-electron chi connectivity index (χ2n) is 2.77. The van der Waals surface area contributed by atoms with Gasteiger partial charge >= 0.3 is 0 Å². The van der Waals surface area contributed by atoms with E-state index in [2.05, 4.69) is 0 Å². The Morgan fingerprint density at radius 2 is 1.00 bits per heavy atom. The molecule has 0 saturated carbocycles. The fraction of sp³-hybridized carbons (Fsp3) is 0.400. The van der Waals surface area contributed by atoms with Crippen molar-refractivity contribution in [2.75, 3.05) is 13.2 Å². The monoisotopic (exact) mass is 302 g/mol. The summed E-state index contributed by atoms with van der Waals surface area (Å²) < 4.78 is 4.83. The van der Waals surface area contributed by atoms with E-state index in [1.165, 1.54) is 0 Å². The number of benzene rings is 1. The third-order valence-corrected chi connectivity index (χ3v) is 2.73. The van der Waals surface area contributed by atoms with Gasteiger partial charge in [-0.25, -0.2) is 0 Å². The van der Waals surface area contributed by atoms with E-state index in [1.807, 2.05) is 13.8 Å². The molecule has 1 aromatic rings. The molecule has 0 fully saturated rings. The van der Waals surface area contributed by atoms with Gasteiger partial charge in [0.25, 0.3) is 0 Å². The lowest BCUT2D eigenvalue weighted by molar-refractivity contribution is 0.162. The normalized spacial score (nSPS) is 9.71. The Bertz CT molecular complexity index is 275. The van der Waals surface area contributed by atoms with Gasteiger partial charge < -0.3 is 20.1 Å². The van der Waals surface area contributed by atoms with Crippen molar-refractivity contribution in [2.45, 2.75) is 13.8 Å². The van der Waals surface area contributed by atoms with Crippen LogP contribution in [0.5, 0.6) is 17.2 Å². The lowest BCUT2D eigenvalue weighted by atomic mass is 10.3. The Morgan fingerprint density at radius 1 is 0.765 bits per heavy atom. The van der Waals surface area contributed by atoms with E-state index in [1.54, 1.807) is 0 Å². The maximum absolute atomic E-state index is 9.05. The molecule has 0 radical (unpaired) electrons. The molecule has 0 saturated heterocycles. The number of hydrogen-bond acceptors (Lipinski definition) is 4. The summed E-state index contributed by atoms with van der Waals surface area (Å²) in [5.41, 5.74) is 0. The summed E-state index contributed by atoms with van der Waals surface area (Å²) in [5, 5.41) is 26.0. The zero-order valence-corrected chi connectivity index (χ0v) is 11.6. The third kappa shape index (κ3) is 4.32. The zero-order chi connectivity index (χ0) is 13.6. The Labute approximate surface area is 114 Å². The molecular weight excluding hydrogens is 290 g/mol. The Kier molecular flexibility index (Phi) is 7.46. The van der Waals surface area contributed by atoms with E-state index < -0.39 is 17.2 Å². The lowest BCUT2D eigenvalue weighted by Gasteiger charge is -2.06. The smallest absolute Gasteiger partial charge is 0.160 e. The maximum atomic E-state index is 9.05. The minimum atomic E-state index is -0.599. The molecule has 0 aliphatic heterocycles. The quantitative estimate of drug-likeness (QED) is 0.777. The van der Waals surface area contributed by atoms with Crippen molar-refractivity contribution in [3.8, 4) is 17.2 Å². The molecule has 1 aromatic carbocycles. The van der Waals surface area contributed by atoms with Crippen LogP contribution in [0.15, 0.2) is 0 Å². The van der Waals surface area contributed by atoms with Crippen LogP contribution in [-0.4, -0.2) is 28.5 Å². The minimum absolute atomic E-state index is 0.386. The van der Waals surface area contributed by atoms with Crippen molar-refractivity contribution in [1.82, 2.24) is 0 Å². The summed E-state index contributed by atoms with van der Waals surface area (Å²) in [4.78, 5) is 0. The first-order chi connectivity index (χ1) is 7.88. The van der Waals surface area contributed by atoms with Gasteiger partial charge in [0.2, 0.25) is 0 Å². The van der Waals surface area contributed by atoms with Crippen molar-refractivity contribution in [2.24, 2.45) is 0 Å². The Hall–Kier alpha value is -0.550. The average molecular weight is 304 g/mol. The first kappa shape index (κ1) is 16.4. The number of halogens is 3. The minimum Gasteiger partial charge on any atom is -0.505 e. The summed E-state index contributed by atoms with van der Waals surface area (Å²) in [6.07, 6.45) is 0. The molecule has 1 rings (SSSR count). The molecule has 3 N–H and O–H groups in total. The van der Waals surface area contributed by atoms with Gasteiger partial charge in [0.05, 0.1) is 0 Å². The molecule has 0 heterocycles. The van der Waals surface area contributed by atoms with Crippen LogP contribution in [0, 0.1) is 0 Å². The highest BCUT2D eigenvalue weighted by molar-refractivity contribution is 6.43. The Balaban J connectivity index is 0.000000437. The predicted octanol–water partition coefficient (Wildman–Crippen LogP) is 3.81. The highest BCUT2D eigenvalue weighted by atomic mass is 35.5. The highest BCUT2D eigenvalue weighted by Gasteiger charge is 2.19. The van der Waals surface area contributed by atoms with Gasteiger partial charge in [0, 0.05) is 13.2 Å². The molecule has 0 amide bonds. The second kappa shape index (κ2) is 7.71. The van der Waals surface area contributed by atoms with Crippen LogP contribution in [-0.2, 0) is 4.74 Å². The molecule has 0 aliphatic carbocycles.